The van der Waals surface area contributed by atoms with Crippen molar-refractivity contribution in [2.24, 2.45) is 5.73 Å². The zero-order valence-corrected chi connectivity index (χ0v) is 10.3. The molecule has 16 heavy (non-hydrogen) atoms. The van der Waals surface area contributed by atoms with Gasteiger partial charge in [-0.25, -0.2) is 4.79 Å². The summed E-state index contributed by atoms with van der Waals surface area (Å²) in [5.74, 6) is -1.52. The van der Waals surface area contributed by atoms with E-state index in [1.165, 1.54) is 0 Å². The second-order valence-corrected chi connectivity index (χ2v) is 4.26. The Balaban J connectivity index is 4.39. The van der Waals surface area contributed by atoms with Crippen LogP contribution < -0.4 is 5.73 Å². The van der Waals surface area contributed by atoms with E-state index in [4.69, 9.17) is 10.8 Å². The number of Topliss-reactive ketones (excluding diaryl/α,β-unsaturated/α-hetero) is 1. The number of nitrogens with two attached hydrogens (primary N) is 1. The molecule has 0 fully saturated rings. The van der Waals surface area contributed by atoms with E-state index in [1.807, 2.05) is 13.8 Å². The van der Waals surface area contributed by atoms with Gasteiger partial charge in [-0.15, -0.1) is 0 Å². The topological polar surface area (TPSA) is 80.4 Å². The number of carbonyl (C=O) groups is 2. The molecule has 0 heterocycles. The van der Waals surface area contributed by atoms with Crippen LogP contribution in [0.1, 0.15) is 58.8 Å². The molecule has 0 aliphatic carbocycles. The number of aliphatic carboxylic acids is 1. The fraction of sp³-hybridized carbons (Fsp3) is 0.833. The van der Waals surface area contributed by atoms with E-state index in [-0.39, 0.29) is 18.6 Å². The van der Waals surface area contributed by atoms with E-state index >= 15 is 0 Å². The van der Waals surface area contributed by atoms with Crippen molar-refractivity contribution >= 4 is 11.8 Å². The summed E-state index contributed by atoms with van der Waals surface area (Å²) >= 11 is 0. The first-order valence-electron chi connectivity index (χ1n) is 6.04. The Morgan fingerprint density at radius 1 is 1.12 bits per heavy atom. The minimum atomic E-state index is -1.66. The number of unbranched alkanes of at least 4 members (excludes halogenated alkanes) is 3. The number of carbonyl (C=O) groups excluding carboxylic acids is 1. The molecule has 1 atom stereocenters. The Labute approximate surface area is 97.2 Å². The highest BCUT2D eigenvalue weighted by atomic mass is 16.4. The lowest BCUT2D eigenvalue weighted by molar-refractivity contribution is -0.148. The van der Waals surface area contributed by atoms with Crippen LogP contribution >= 0.6 is 0 Å². The smallest absolute Gasteiger partial charge is 0.331 e. The van der Waals surface area contributed by atoms with Gasteiger partial charge < -0.3 is 10.8 Å². The summed E-state index contributed by atoms with van der Waals surface area (Å²) in [5.41, 5.74) is 4.04. The van der Waals surface area contributed by atoms with Crippen LogP contribution in [0.3, 0.4) is 0 Å². The summed E-state index contributed by atoms with van der Waals surface area (Å²) in [4.78, 5) is 22.8. The van der Waals surface area contributed by atoms with Gasteiger partial charge in [0, 0.05) is 6.42 Å². The average Bonchev–Trinajstić information content (AvgIpc) is 2.25. The van der Waals surface area contributed by atoms with Crippen LogP contribution in [0.5, 0.6) is 0 Å². The first-order chi connectivity index (χ1) is 7.49. The minimum absolute atomic E-state index is 0.240. The lowest BCUT2D eigenvalue weighted by Crippen LogP contribution is -2.54. The maximum absolute atomic E-state index is 11.8. The van der Waals surface area contributed by atoms with Crippen LogP contribution in [0.2, 0.25) is 0 Å². The number of hydrogen-bond acceptors (Lipinski definition) is 3. The predicted octanol–water partition coefficient (Wildman–Crippen LogP) is 2.11. The summed E-state index contributed by atoms with van der Waals surface area (Å²) in [7, 11) is 0. The maximum atomic E-state index is 11.8. The van der Waals surface area contributed by atoms with Crippen molar-refractivity contribution in [1.29, 1.82) is 0 Å². The normalized spacial score (nSPS) is 14.4. The second kappa shape index (κ2) is 7.39. The first kappa shape index (κ1) is 15.1. The van der Waals surface area contributed by atoms with Crippen molar-refractivity contribution in [2.45, 2.75) is 64.3 Å². The molecule has 0 spiro atoms. The third kappa shape index (κ3) is 4.31. The molecule has 0 aliphatic rings. The molecular formula is C12H23NO3. The van der Waals surface area contributed by atoms with Gasteiger partial charge in [-0.1, -0.05) is 39.5 Å². The van der Waals surface area contributed by atoms with Gasteiger partial charge in [0.1, 0.15) is 0 Å². The molecule has 1 unspecified atom stereocenters. The molecule has 0 radical (unpaired) electrons. The fourth-order valence-electron chi connectivity index (χ4n) is 1.58. The highest BCUT2D eigenvalue weighted by Gasteiger charge is 2.40. The zero-order valence-electron chi connectivity index (χ0n) is 10.3. The zero-order chi connectivity index (χ0) is 12.6. The SMILES string of the molecule is CCCCCC(=O)C(N)(CCCC)C(=O)O. The molecule has 0 aliphatic heterocycles. The quantitative estimate of drug-likeness (QED) is 0.468. The first-order valence-corrected chi connectivity index (χ1v) is 6.04. The molecular weight excluding hydrogens is 206 g/mol. The van der Waals surface area contributed by atoms with Crippen LogP contribution in [0, 0.1) is 0 Å². The van der Waals surface area contributed by atoms with Crippen molar-refractivity contribution in [3.05, 3.63) is 0 Å². The second-order valence-electron chi connectivity index (χ2n) is 4.26. The van der Waals surface area contributed by atoms with Crippen LogP contribution in [0.15, 0.2) is 0 Å². The number of rotatable bonds is 9. The monoisotopic (exact) mass is 229 g/mol. The largest absolute Gasteiger partial charge is 0.480 e. The summed E-state index contributed by atoms with van der Waals surface area (Å²) in [6.45, 7) is 3.98. The highest BCUT2D eigenvalue weighted by molar-refractivity contribution is 6.07. The van der Waals surface area contributed by atoms with Gasteiger partial charge in [0.25, 0.3) is 0 Å². The molecule has 0 amide bonds. The number of hydrogen-bond donors (Lipinski definition) is 2. The fourth-order valence-corrected chi connectivity index (χ4v) is 1.58. The maximum Gasteiger partial charge on any atom is 0.331 e. The van der Waals surface area contributed by atoms with E-state index in [1.54, 1.807) is 0 Å². The lowest BCUT2D eigenvalue weighted by atomic mass is 9.86. The summed E-state index contributed by atoms with van der Waals surface area (Å²) in [6, 6.07) is 0. The molecule has 0 aromatic carbocycles. The van der Waals surface area contributed by atoms with Crippen molar-refractivity contribution in [3.8, 4) is 0 Å². The predicted molar refractivity (Wildman–Crippen MR) is 63.2 cm³/mol. The van der Waals surface area contributed by atoms with Gasteiger partial charge in [-0.2, -0.15) is 0 Å². The molecule has 0 saturated heterocycles. The third-order valence-electron chi connectivity index (χ3n) is 2.81. The van der Waals surface area contributed by atoms with E-state index < -0.39 is 11.5 Å². The standard InChI is InChI=1S/C12H23NO3/c1-3-5-7-8-10(14)12(13,11(15)16)9-6-4-2/h3-9,13H2,1-2H3,(H,15,16). The number of ketones is 1. The van der Waals surface area contributed by atoms with Gasteiger partial charge in [0.15, 0.2) is 11.3 Å². The minimum Gasteiger partial charge on any atom is -0.480 e. The molecule has 0 aromatic rings. The molecule has 0 aromatic heterocycles. The van der Waals surface area contributed by atoms with Gasteiger partial charge in [-0.05, 0) is 12.8 Å². The third-order valence-corrected chi connectivity index (χ3v) is 2.81. The Bertz CT molecular complexity index is 240. The van der Waals surface area contributed by atoms with Crippen LogP contribution in [-0.2, 0) is 9.59 Å². The Kier molecular flexibility index (Phi) is 6.97. The molecule has 0 bridgehead atoms. The highest BCUT2D eigenvalue weighted by Crippen LogP contribution is 2.17. The Morgan fingerprint density at radius 2 is 1.69 bits per heavy atom. The van der Waals surface area contributed by atoms with Gasteiger partial charge in [0.2, 0.25) is 0 Å². The van der Waals surface area contributed by atoms with Crippen molar-refractivity contribution in [2.75, 3.05) is 0 Å². The average molecular weight is 229 g/mol. The van der Waals surface area contributed by atoms with Crippen LogP contribution in [0.4, 0.5) is 0 Å². The lowest BCUT2D eigenvalue weighted by Gasteiger charge is -2.22. The summed E-state index contributed by atoms with van der Waals surface area (Å²) in [5, 5.41) is 9.04. The molecule has 4 nitrogen and oxygen atoms in total. The van der Waals surface area contributed by atoms with Gasteiger partial charge >= 0.3 is 5.97 Å². The summed E-state index contributed by atoms with van der Waals surface area (Å²) in [6.07, 6.45) is 4.71. The Morgan fingerprint density at radius 3 is 2.12 bits per heavy atom. The Hall–Kier alpha value is -0.900. The number of carboxylic acids is 1. The molecule has 0 saturated carbocycles. The van der Waals surface area contributed by atoms with E-state index in [0.717, 1.165) is 25.7 Å². The molecule has 4 heteroatoms. The van der Waals surface area contributed by atoms with Crippen LogP contribution in [0.25, 0.3) is 0 Å². The van der Waals surface area contributed by atoms with Crippen molar-refractivity contribution in [3.63, 3.8) is 0 Å². The molecule has 3 N–H and O–H groups in total. The molecule has 0 rings (SSSR count). The molecule has 94 valence electrons. The van der Waals surface area contributed by atoms with Gasteiger partial charge in [0.05, 0.1) is 0 Å². The van der Waals surface area contributed by atoms with Crippen LogP contribution in [-0.4, -0.2) is 22.4 Å². The van der Waals surface area contributed by atoms with Gasteiger partial charge in [-0.3, -0.25) is 4.79 Å². The van der Waals surface area contributed by atoms with Crippen molar-refractivity contribution < 1.29 is 14.7 Å². The van der Waals surface area contributed by atoms with E-state index in [9.17, 15) is 9.59 Å². The van der Waals surface area contributed by atoms with E-state index in [2.05, 4.69) is 0 Å². The van der Waals surface area contributed by atoms with Crippen molar-refractivity contribution in [1.82, 2.24) is 0 Å². The number of carboxylic acid groups (broad SMARTS) is 1. The summed E-state index contributed by atoms with van der Waals surface area (Å²) < 4.78 is 0. The van der Waals surface area contributed by atoms with E-state index in [0.29, 0.717) is 6.42 Å².